The molecular formula is C40H55N4O12P. The number of carbonyl (C=O) groups excluding carboxylic acids is 6. The molecule has 4 amide bonds. The number of esters is 2. The van der Waals surface area contributed by atoms with Crippen molar-refractivity contribution in [3.8, 4) is 5.75 Å². The summed E-state index contributed by atoms with van der Waals surface area (Å²) in [6.45, 7) is 11.9. The van der Waals surface area contributed by atoms with Crippen LogP contribution in [0.3, 0.4) is 0 Å². The highest BCUT2D eigenvalue weighted by Gasteiger charge is 2.44. The molecule has 0 radical (unpaired) electrons. The zero-order valence-corrected chi connectivity index (χ0v) is 34.8. The molecule has 0 saturated carbocycles. The van der Waals surface area contributed by atoms with Crippen molar-refractivity contribution in [3.63, 3.8) is 0 Å². The summed E-state index contributed by atoms with van der Waals surface area (Å²) in [5.41, 5.74) is 6.78. The Bertz CT molecular complexity index is 1830. The SMILES string of the molecule is CC(CCC(N)=O)NC(=O)C1Cc2cccc3c2N1C(=O)C(NC(=O)CC(C)c1ccc(OP(=O)(OCOC(=O)C(C)(C)C)OCOC(=O)C(C)(C)C)cc1)CC3. The number of nitrogens with zero attached hydrogens (tertiary/aromatic N) is 1. The summed E-state index contributed by atoms with van der Waals surface area (Å²) in [5.74, 6) is -3.07. The molecule has 2 aromatic carbocycles. The van der Waals surface area contributed by atoms with E-state index in [9.17, 15) is 33.3 Å². The van der Waals surface area contributed by atoms with Gasteiger partial charge in [0.15, 0.2) is 0 Å². The summed E-state index contributed by atoms with van der Waals surface area (Å²) >= 11 is 0. The predicted molar refractivity (Wildman–Crippen MR) is 208 cm³/mol. The van der Waals surface area contributed by atoms with Gasteiger partial charge in [-0.05, 0) is 102 Å². The van der Waals surface area contributed by atoms with Crippen molar-refractivity contribution in [3.05, 3.63) is 59.2 Å². The van der Waals surface area contributed by atoms with Gasteiger partial charge in [-0.2, -0.15) is 0 Å². The maximum atomic E-state index is 14.1. The molecule has 2 heterocycles. The van der Waals surface area contributed by atoms with Crippen LogP contribution in [0.15, 0.2) is 42.5 Å². The first kappa shape index (κ1) is 44.9. The number of anilines is 1. The summed E-state index contributed by atoms with van der Waals surface area (Å²) in [7, 11) is -4.50. The molecule has 312 valence electrons. The molecule has 4 unspecified atom stereocenters. The second-order valence-corrected chi connectivity index (χ2v) is 18.1. The number of hydrogen-bond acceptors (Lipinski definition) is 12. The fraction of sp³-hybridized carbons (Fsp3) is 0.550. The first-order valence-corrected chi connectivity index (χ1v) is 20.4. The summed E-state index contributed by atoms with van der Waals surface area (Å²) in [6.07, 6.45) is 1.69. The number of para-hydroxylation sites is 1. The monoisotopic (exact) mass is 814 g/mol. The standard InChI is InChI=1S/C40H55N4O12P/c1-24(26-13-16-29(17-14-26)56-57(51,54-22-52-37(49)39(3,4)5)55-23-53-38(50)40(6,7)8)20-33(46)43-30-18-15-27-10-9-11-28-21-31(44(34(27)28)36(30)48)35(47)42-25(2)12-19-32(41)45/h9-11,13-14,16-17,24-25,30-31H,12,15,18-23H2,1-8H3,(H2,41,45)(H,42,47)(H,43,46). The number of ether oxygens (including phenoxy) is 2. The third-order valence-corrected chi connectivity index (χ3v) is 10.7. The van der Waals surface area contributed by atoms with Gasteiger partial charge in [-0.3, -0.25) is 33.7 Å². The van der Waals surface area contributed by atoms with Crippen LogP contribution < -0.4 is 25.8 Å². The lowest BCUT2D eigenvalue weighted by atomic mass is 9.97. The molecule has 57 heavy (non-hydrogen) atoms. The number of nitrogens with one attached hydrogen (secondary N) is 2. The Kier molecular flexibility index (Phi) is 14.7. The van der Waals surface area contributed by atoms with Gasteiger partial charge < -0.3 is 30.4 Å². The molecule has 2 aromatic rings. The molecule has 0 aromatic heterocycles. The Labute approximate surface area is 333 Å². The van der Waals surface area contributed by atoms with Gasteiger partial charge >= 0.3 is 19.8 Å². The molecule has 4 N–H and O–H groups in total. The first-order chi connectivity index (χ1) is 26.6. The molecule has 2 aliphatic rings. The van der Waals surface area contributed by atoms with Crippen molar-refractivity contribution >= 4 is 49.1 Å². The van der Waals surface area contributed by atoms with Crippen molar-refractivity contribution in [2.24, 2.45) is 16.6 Å². The van der Waals surface area contributed by atoms with Crippen molar-refractivity contribution in [1.82, 2.24) is 10.6 Å². The molecule has 4 rings (SSSR count). The first-order valence-electron chi connectivity index (χ1n) is 18.9. The Balaban J connectivity index is 1.39. The van der Waals surface area contributed by atoms with Crippen LogP contribution in [0.2, 0.25) is 0 Å². The van der Waals surface area contributed by atoms with Gasteiger partial charge in [-0.1, -0.05) is 37.3 Å². The summed E-state index contributed by atoms with van der Waals surface area (Å²) in [4.78, 5) is 78.2. The van der Waals surface area contributed by atoms with Gasteiger partial charge in [0.1, 0.15) is 17.8 Å². The van der Waals surface area contributed by atoms with E-state index in [0.29, 0.717) is 31.4 Å². The molecule has 0 fully saturated rings. The van der Waals surface area contributed by atoms with Crippen LogP contribution >= 0.6 is 7.82 Å². The van der Waals surface area contributed by atoms with E-state index in [1.54, 1.807) is 60.6 Å². The van der Waals surface area contributed by atoms with Gasteiger partial charge in [-0.15, -0.1) is 0 Å². The highest BCUT2D eigenvalue weighted by Crippen LogP contribution is 2.50. The number of amides is 4. The molecule has 2 aliphatic heterocycles. The maximum absolute atomic E-state index is 14.1. The quantitative estimate of drug-likeness (QED) is 0.110. The van der Waals surface area contributed by atoms with E-state index in [2.05, 4.69) is 10.6 Å². The molecule has 4 atom stereocenters. The van der Waals surface area contributed by atoms with Gasteiger partial charge in [0.05, 0.1) is 16.5 Å². The lowest BCUT2D eigenvalue weighted by molar-refractivity contribution is -0.163. The minimum absolute atomic E-state index is 0.0203. The van der Waals surface area contributed by atoms with E-state index in [1.165, 1.54) is 17.0 Å². The number of phosphoric acid groups is 1. The van der Waals surface area contributed by atoms with Gasteiger partial charge in [0.2, 0.25) is 37.2 Å². The summed E-state index contributed by atoms with van der Waals surface area (Å²) in [5, 5.41) is 5.81. The smallest absolute Gasteiger partial charge is 0.437 e. The molecule has 17 heteroatoms. The van der Waals surface area contributed by atoms with E-state index < -0.39 is 62.2 Å². The highest BCUT2D eigenvalue weighted by atomic mass is 31.2. The van der Waals surface area contributed by atoms with Gasteiger partial charge in [0.25, 0.3) is 0 Å². The number of hydrogen-bond donors (Lipinski definition) is 3. The van der Waals surface area contributed by atoms with Crippen LogP contribution in [0, 0.1) is 10.8 Å². The minimum Gasteiger partial charge on any atom is -0.437 e. The number of carbonyl (C=O) groups is 6. The number of aryl methyl sites for hydroxylation is 1. The lowest BCUT2D eigenvalue weighted by Gasteiger charge is -2.29. The number of nitrogens with two attached hydrogens (primary N) is 1. The fourth-order valence-corrected chi connectivity index (χ4v) is 7.12. The Hall–Kier alpha value is -4.79. The van der Waals surface area contributed by atoms with Crippen LogP contribution in [-0.2, 0) is 64.7 Å². The highest BCUT2D eigenvalue weighted by molar-refractivity contribution is 7.48. The number of benzene rings is 2. The third kappa shape index (κ3) is 12.3. The average molecular weight is 815 g/mol. The molecule has 0 saturated heterocycles. The van der Waals surface area contributed by atoms with Crippen LogP contribution in [0.4, 0.5) is 5.69 Å². The number of rotatable bonds is 17. The predicted octanol–water partition coefficient (Wildman–Crippen LogP) is 4.95. The normalized spacial score (nSPS) is 17.8. The fourth-order valence-electron chi connectivity index (χ4n) is 6.19. The number of primary amides is 1. The van der Waals surface area contributed by atoms with Crippen LogP contribution in [-0.4, -0.2) is 67.3 Å². The molecule has 0 aliphatic carbocycles. The largest absolute Gasteiger partial charge is 0.535 e. The van der Waals surface area contributed by atoms with E-state index in [1.807, 2.05) is 25.1 Å². The van der Waals surface area contributed by atoms with E-state index in [-0.39, 0.29) is 48.3 Å². The second kappa shape index (κ2) is 18.6. The molecular weight excluding hydrogens is 759 g/mol. The van der Waals surface area contributed by atoms with Crippen LogP contribution in [0.25, 0.3) is 0 Å². The second-order valence-electron chi connectivity index (χ2n) is 16.5. The molecule has 16 nitrogen and oxygen atoms in total. The van der Waals surface area contributed by atoms with Gasteiger partial charge in [-0.25, -0.2) is 13.6 Å². The molecule has 0 bridgehead atoms. The Morgan fingerprint density at radius 1 is 0.895 bits per heavy atom. The maximum Gasteiger partial charge on any atom is 0.535 e. The van der Waals surface area contributed by atoms with E-state index in [0.717, 1.165) is 16.7 Å². The average Bonchev–Trinajstić information content (AvgIpc) is 3.46. The van der Waals surface area contributed by atoms with Crippen molar-refractivity contribution < 1.29 is 56.4 Å². The minimum atomic E-state index is -4.50. The van der Waals surface area contributed by atoms with Crippen molar-refractivity contribution in [2.75, 3.05) is 18.5 Å². The Morgan fingerprint density at radius 3 is 2.04 bits per heavy atom. The van der Waals surface area contributed by atoms with Gasteiger partial charge in [0, 0.05) is 25.3 Å². The van der Waals surface area contributed by atoms with Crippen LogP contribution in [0.5, 0.6) is 5.75 Å². The van der Waals surface area contributed by atoms with E-state index in [4.69, 9.17) is 28.8 Å². The van der Waals surface area contributed by atoms with E-state index >= 15 is 0 Å². The van der Waals surface area contributed by atoms with Crippen molar-refractivity contribution in [2.45, 2.75) is 118 Å². The Morgan fingerprint density at radius 2 is 1.47 bits per heavy atom. The summed E-state index contributed by atoms with van der Waals surface area (Å²) in [6, 6.07) is 9.99. The zero-order valence-electron chi connectivity index (χ0n) is 33.9. The third-order valence-electron chi connectivity index (χ3n) is 9.44. The molecule has 0 spiro atoms. The zero-order chi connectivity index (χ0) is 42.3. The van der Waals surface area contributed by atoms with Crippen molar-refractivity contribution in [1.29, 1.82) is 0 Å². The summed E-state index contributed by atoms with van der Waals surface area (Å²) < 4.78 is 39.7. The topological polar surface area (TPSA) is 219 Å². The number of phosphoric ester groups is 1. The van der Waals surface area contributed by atoms with Crippen LogP contribution in [0.1, 0.15) is 104 Å². The lowest BCUT2D eigenvalue weighted by Crippen LogP contribution is -2.55.